The van der Waals surface area contributed by atoms with E-state index < -0.39 is 0 Å². The van der Waals surface area contributed by atoms with Crippen LogP contribution in [0.25, 0.3) is 6.08 Å². The predicted octanol–water partition coefficient (Wildman–Crippen LogP) is 3.90. The highest BCUT2D eigenvalue weighted by Crippen LogP contribution is 2.13. The normalized spacial score (nSPS) is 9.06. The lowest BCUT2D eigenvalue weighted by Crippen LogP contribution is -1.96. The predicted molar refractivity (Wildman–Crippen MR) is 69.3 cm³/mol. The van der Waals surface area contributed by atoms with Gasteiger partial charge in [-0.1, -0.05) is 31.7 Å². The number of unbranched alkanes of at least 4 members (excludes halogenated alkanes) is 1. The molecule has 0 spiro atoms. The van der Waals surface area contributed by atoms with Gasteiger partial charge in [-0.3, -0.25) is 0 Å². The Morgan fingerprint density at radius 2 is 2.00 bits per heavy atom. The van der Waals surface area contributed by atoms with Gasteiger partial charge in [-0.25, -0.2) is 0 Å². The van der Waals surface area contributed by atoms with E-state index in [0.29, 0.717) is 0 Å². The summed E-state index contributed by atoms with van der Waals surface area (Å²) in [6.45, 7) is 6.50. The highest BCUT2D eigenvalue weighted by atomic mass is 16.5. The van der Waals surface area contributed by atoms with Crippen molar-refractivity contribution in [2.45, 2.75) is 26.2 Å². The second-order valence-electron chi connectivity index (χ2n) is 3.43. The van der Waals surface area contributed by atoms with Crippen molar-refractivity contribution in [1.82, 2.24) is 0 Å². The van der Waals surface area contributed by atoms with E-state index in [4.69, 9.17) is 4.74 Å². The van der Waals surface area contributed by atoms with Gasteiger partial charge in [0.05, 0.1) is 6.61 Å². The van der Waals surface area contributed by atoms with Crippen LogP contribution in [0.3, 0.4) is 0 Å². The largest absolute Gasteiger partial charge is 0.494 e. The first kappa shape index (κ1) is 12.4. The Kier molecular flexibility index (Phi) is 5.88. The molecule has 0 N–H and O–H groups in total. The van der Waals surface area contributed by atoms with E-state index in [1.54, 1.807) is 0 Å². The van der Waals surface area contributed by atoms with Gasteiger partial charge < -0.3 is 4.74 Å². The van der Waals surface area contributed by atoms with Crippen LogP contribution in [0, 0.1) is 11.8 Å². The highest BCUT2D eigenvalue weighted by molar-refractivity contribution is 5.48. The molecule has 0 bridgehead atoms. The fourth-order valence-electron chi connectivity index (χ4n) is 1.26. The lowest BCUT2D eigenvalue weighted by Gasteiger charge is -2.04. The van der Waals surface area contributed by atoms with Gasteiger partial charge in [-0.2, -0.15) is 0 Å². The summed E-state index contributed by atoms with van der Waals surface area (Å²) in [5, 5.41) is 0. The third kappa shape index (κ3) is 4.70. The molecule has 1 nitrogen and oxygen atoms in total. The topological polar surface area (TPSA) is 9.23 Å². The minimum Gasteiger partial charge on any atom is -0.494 e. The van der Waals surface area contributed by atoms with Gasteiger partial charge in [0.15, 0.2) is 0 Å². The van der Waals surface area contributed by atoms with E-state index in [-0.39, 0.29) is 0 Å². The van der Waals surface area contributed by atoms with Crippen molar-refractivity contribution >= 4 is 6.08 Å². The Bertz CT molecular complexity index is 365. The molecule has 0 aromatic heterocycles. The van der Waals surface area contributed by atoms with E-state index in [2.05, 4.69) is 25.3 Å². The van der Waals surface area contributed by atoms with Crippen molar-refractivity contribution in [2.75, 3.05) is 6.61 Å². The third-order valence-corrected chi connectivity index (χ3v) is 2.13. The maximum absolute atomic E-state index is 5.58. The summed E-state index contributed by atoms with van der Waals surface area (Å²) in [6, 6.07) is 7.93. The molecule has 0 radical (unpaired) electrons. The smallest absolute Gasteiger partial charge is 0.119 e. The van der Waals surface area contributed by atoms with Gasteiger partial charge in [0, 0.05) is 12.8 Å². The summed E-state index contributed by atoms with van der Waals surface area (Å²) in [6.07, 6.45) is 4.66. The molecule has 0 heterocycles. The maximum atomic E-state index is 5.58. The molecule has 0 saturated heterocycles. The minimum absolute atomic E-state index is 0.728. The summed E-state index contributed by atoms with van der Waals surface area (Å²) in [7, 11) is 0. The summed E-state index contributed by atoms with van der Waals surface area (Å²) >= 11 is 0. The molecule has 0 aliphatic carbocycles. The van der Waals surface area contributed by atoms with Crippen molar-refractivity contribution in [3.8, 4) is 17.6 Å². The van der Waals surface area contributed by atoms with Gasteiger partial charge in [0.25, 0.3) is 0 Å². The number of hydrogen-bond donors (Lipinski definition) is 0. The SMILES string of the molecule is C=Cc1ccc(OCCCC#CCC)cc1. The molecule has 1 aromatic rings. The fourth-order valence-corrected chi connectivity index (χ4v) is 1.26. The lowest BCUT2D eigenvalue weighted by molar-refractivity contribution is 0.313. The number of hydrogen-bond acceptors (Lipinski definition) is 1. The van der Waals surface area contributed by atoms with Gasteiger partial charge in [-0.05, 0) is 24.1 Å². The van der Waals surface area contributed by atoms with Crippen molar-refractivity contribution in [1.29, 1.82) is 0 Å². The van der Waals surface area contributed by atoms with Crippen LogP contribution in [0.5, 0.6) is 5.75 Å². The zero-order valence-electron chi connectivity index (χ0n) is 9.83. The Hall–Kier alpha value is -1.68. The van der Waals surface area contributed by atoms with Gasteiger partial charge in [0.2, 0.25) is 0 Å². The molecular weight excluding hydrogens is 196 g/mol. The molecular formula is C15H18O. The summed E-state index contributed by atoms with van der Waals surface area (Å²) in [4.78, 5) is 0. The second-order valence-corrected chi connectivity index (χ2v) is 3.43. The minimum atomic E-state index is 0.728. The van der Waals surface area contributed by atoms with Crippen molar-refractivity contribution in [3.63, 3.8) is 0 Å². The van der Waals surface area contributed by atoms with Crippen LogP contribution in [0.4, 0.5) is 0 Å². The Balaban J connectivity index is 2.24. The Labute approximate surface area is 98.1 Å². The summed E-state index contributed by atoms with van der Waals surface area (Å²) in [5.41, 5.74) is 1.11. The van der Waals surface area contributed by atoms with Crippen LogP contribution in [-0.4, -0.2) is 6.61 Å². The van der Waals surface area contributed by atoms with E-state index in [1.807, 2.05) is 30.3 Å². The van der Waals surface area contributed by atoms with E-state index in [1.165, 1.54) is 0 Å². The van der Waals surface area contributed by atoms with Crippen LogP contribution in [0.1, 0.15) is 31.7 Å². The summed E-state index contributed by atoms with van der Waals surface area (Å²) < 4.78 is 5.58. The number of rotatable bonds is 5. The first-order chi connectivity index (χ1) is 7.86. The molecule has 0 atom stereocenters. The Morgan fingerprint density at radius 3 is 2.62 bits per heavy atom. The fraction of sp³-hybridized carbons (Fsp3) is 0.333. The van der Waals surface area contributed by atoms with Gasteiger partial charge >= 0.3 is 0 Å². The average Bonchev–Trinajstić information content (AvgIpc) is 2.34. The zero-order valence-corrected chi connectivity index (χ0v) is 9.83. The molecule has 0 saturated carbocycles. The highest BCUT2D eigenvalue weighted by Gasteiger charge is 1.92. The molecule has 0 fully saturated rings. The maximum Gasteiger partial charge on any atom is 0.119 e. The van der Waals surface area contributed by atoms with E-state index >= 15 is 0 Å². The second kappa shape index (κ2) is 7.59. The van der Waals surface area contributed by atoms with Gasteiger partial charge in [-0.15, -0.1) is 11.8 Å². The molecule has 0 aliphatic rings. The first-order valence-corrected chi connectivity index (χ1v) is 5.68. The molecule has 0 amide bonds. The molecule has 1 rings (SSSR count). The van der Waals surface area contributed by atoms with Crippen LogP contribution < -0.4 is 4.74 Å². The van der Waals surface area contributed by atoms with Crippen molar-refractivity contribution in [2.24, 2.45) is 0 Å². The third-order valence-electron chi connectivity index (χ3n) is 2.13. The average molecular weight is 214 g/mol. The first-order valence-electron chi connectivity index (χ1n) is 5.68. The molecule has 16 heavy (non-hydrogen) atoms. The lowest BCUT2D eigenvalue weighted by atomic mass is 10.2. The van der Waals surface area contributed by atoms with Crippen LogP contribution in [0.15, 0.2) is 30.8 Å². The van der Waals surface area contributed by atoms with Crippen LogP contribution in [0.2, 0.25) is 0 Å². The Morgan fingerprint density at radius 1 is 1.25 bits per heavy atom. The van der Waals surface area contributed by atoms with Crippen LogP contribution >= 0.6 is 0 Å². The van der Waals surface area contributed by atoms with Crippen molar-refractivity contribution in [3.05, 3.63) is 36.4 Å². The van der Waals surface area contributed by atoms with E-state index in [0.717, 1.165) is 37.2 Å². The molecule has 84 valence electrons. The molecule has 1 aromatic carbocycles. The molecule has 1 heteroatoms. The van der Waals surface area contributed by atoms with Gasteiger partial charge in [0.1, 0.15) is 5.75 Å². The molecule has 0 unspecified atom stereocenters. The van der Waals surface area contributed by atoms with Crippen LogP contribution in [-0.2, 0) is 0 Å². The van der Waals surface area contributed by atoms with E-state index in [9.17, 15) is 0 Å². The monoisotopic (exact) mass is 214 g/mol. The number of ether oxygens (including phenoxy) is 1. The summed E-state index contributed by atoms with van der Waals surface area (Å²) in [5.74, 6) is 7.05. The molecule has 0 aliphatic heterocycles. The quantitative estimate of drug-likeness (QED) is 0.533. The number of benzene rings is 1. The standard InChI is InChI=1S/C15H18O/c1-3-5-6-7-8-13-16-15-11-9-14(4-2)10-12-15/h4,9-12H,2-3,7-8,13H2,1H3. The van der Waals surface area contributed by atoms with Crippen molar-refractivity contribution < 1.29 is 4.74 Å². The zero-order chi connectivity index (χ0) is 11.6.